The number of nitrogens with zero attached hydrogens (tertiary/aromatic N) is 7. The Labute approximate surface area is 163 Å². The molecule has 4 rings (SSSR count). The molecule has 2 aromatic heterocycles. The van der Waals surface area contributed by atoms with Gasteiger partial charge in [0.2, 0.25) is 0 Å². The molecule has 2 aliphatic heterocycles. The summed E-state index contributed by atoms with van der Waals surface area (Å²) in [4.78, 5) is 19.6. The Bertz CT molecular complexity index is 785. The van der Waals surface area contributed by atoms with Crippen LogP contribution in [-0.4, -0.2) is 69.4 Å². The normalized spacial score (nSPS) is 20.8. The summed E-state index contributed by atoms with van der Waals surface area (Å²) in [7, 11) is 0. The minimum Gasteiger partial charge on any atom is -0.352 e. The van der Waals surface area contributed by atoms with Gasteiger partial charge in [0.25, 0.3) is 5.91 Å². The van der Waals surface area contributed by atoms with Gasteiger partial charge in [0.1, 0.15) is 4.88 Å². The molecule has 2 aliphatic rings. The van der Waals surface area contributed by atoms with Gasteiger partial charge >= 0.3 is 0 Å². The summed E-state index contributed by atoms with van der Waals surface area (Å²) in [5, 5.41) is 12.9. The van der Waals surface area contributed by atoms with E-state index in [1.54, 1.807) is 0 Å². The minimum atomic E-state index is 0.0302. The molecule has 1 atom stereocenters. The quantitative estimate of drug-likeness (QED) is 0.797. The monoisotopic (exact) mass is 387 g/mol. The Hall–Kier alpha value is -2.29. The summed E-state index contributed by atoms with van der Waals surface area (Å²) < 4.78 is 3.86. The van der Waals surface area contributed by atoms with E-state index >= 15 is 0 Å². The first kappa shape index (κ1) is 18.1. The molecule has 0 N–H and O–H groups in total. The third-order valence-electron chi connectivity index (χ3n) is 5.47. The van der Waals surface area contributed by atoms with Crippen molar-refractivity contribution in [2.75, 3.05) is 42.5 Å². The lowest BCUT2D eigenvalue weighted by molar-refractivity contribution is 0.0750. The van der Waals surface area contributed by atoms with Crippen LogP contribution >= 0.6 is 11.5 Å². The van der Waals surface area contributed by atoms with Crippen molar-refractivity contribution in [3.63, 3.8) is 0 Å². The van der Waals surface area contributed by atoms with E-state index in [-0.39, 0.29) is 5.91 Å². The molecule has 0 bridgehead atoms. The van der Waals surface area contributed by atoms with Crippen LogP contribution in [0.5, 0.6) is 0 Å². The van der Waals surface area contributed by atoms with Gasteiger partial charge < -0.3 is 14.7 Å². The summed E-state index contributed by atoms with van der Waals surface area (Å²) in [6, 6.07) is 4.66. The fraction of sp³-hybridized carbons (Fsp3) is 0.611. The van der Waals surface area contributed by atoms with Crippen molar-refractivity contribution >= 4 is 29.1 Å². The highest BCUT2D eigenvalue weighted by Gasteiger charge is 2.26. The first-order valence-corrected chi connectivity index (χ1v) is 10.3. The van der Waals surface area contributed by atoms with Gasteiger partial charge in [-0.15, -0.1) is 15.3 Å². The first-order chi connectivity index (χ1) is 13.1. The highest BCUT2D eigenvalue weighted by atomic mass is 32.1. The fourth-order valence-electron chi connectivity index (χ4n) is 3.79. The van der Waals surface area contributed by atoms with Gasteiger partial charge in [-0.25, -0.2) is 0 Å². The summed E-state index contributed by atoms with van der Waals surface area (Å²) in [6.45, 7) is 7.99. The van der Waals surface area contributed by atoms with E-state index in [0.29, 0.717) is 29.7 Å². The zero-order chi connectivity index (χ0) is 18.8. The summed E-state index contributed by atoms with van der Waals surface area (Å²) >= 11 is 1.17. The lowest BCUT2D eigenvalue weighted by Crippen LogP contribution is -2.49. The van der Waals surface area contributed by atoms with Crippen molar-refractivity contribution in [2.45, 2.75) is 39.2 Å². The van der Waals surface area contributed by atoms with Crippen molar-refractivity contribution in [3.05, 3.63) is 22.7 Å². The zero-order valence-corrected chi connectivity index (χ0v) is 16.7. The maximum absolute atomic E-state index is 12.6. The largest absolute Gasteiger partial charge is 0.352 e. The van der Waals surface area contributed by atoms with E-state index in [9.17, 15) is 4.79 Å². The maximum atomic E-state index is 12.6. The maximum Gasteiger partial charge on any atom is 0.267 e. The van der Waals surface area contributed by atoms with Crippen molar-refractivity contribution < 1.29 is 4.79 Å². The van der Waals surface area contributed by atoms with Gasteiger partial charge in [-0.2, -0.15) is 0 Å². The first-order valence-electron chi connectivity index (χ1n) is 9.57. The van der Waals surface area contributed by atoms with Crippen molar-refractivity contribution in [1.82, 2.24) is 24.7 Å². The SMILES string of the molecule is Cc1nnsc1C(=O)N1CCN(c2ccc(N3CCCC[C@@H]3C)nn2)CC1. The van der Waals surface area contributed by atoms with Gasteiger partial charge in [-0.3, -0.25) is 4.79 Å². The number of carbonyl (C=O) groups is 1. The van der Waals surface area contributed by atoms with Gasteiger partial charge in [-0.1, -0.05) is 4.49 Å². The lowest BCUT2D eigenvalue weighted by Gasteiger charge is -2.36. The van der Waals surface area contributed by atoms with Gasteiger partial charge in [0.05, 0.1) is 5.69 Å². The van der Waals surface area contributed by atoms with Crippen LogP contribution in [0, 0.1) is 6.92 Å². The second-order valence-corrected chi connectivity index (χ2v) is 8.01. The smallest absolute Gasteiger partial charge is 0.267 e. The van der Waals surface area contributed by atoms with E-state index < -0.39 is 0 Å². The van der Waals surface area contributed by atoms with Crippen LogP contribution < -0.4 is 9.80 Å². The second kappa shape index (κ2) is 7.75. The number of hydrogen-bond donors (Lipinski definition) is 0. The highest BCUT2D eigenvalue weighted by Crippen LogP contribution is 2.24. The van der Waals surface area contributed by atoms with Gasteiger partial charge in [0.15, 0.2) is 11.6 Å². The number of hydrogen-bond acceptors (Lipinski definition) is 8. The number of piperazine rings is 1. The van der Waals surface area contributed by atoms with Crippen LogP contribution in [0.15, 0.2) is 12.1 Å². The van der Waals surface area contributed by atoms with E-state index in [2.05, 4.69) is 48.6 Å². The van der Waals surface area contributed by atoms with Crippen LogP contribution in [0.2, 0.25) is 0 Å². The van der Waals surface area contributed by atoms with Crippen LogP contribution in [0.25, 0.3) is 0 Å². The Morgan fingerprint density at radius 3 is 2.41 bits per heavy atom. The Balaban J connectivity index is 1.37. The van der Waals surface area contributed by atoms with Crippen molar-refractivity contribution in [3.8, 4) is 0 Å². The predicted octanol–water partition coefficient (Wildman–Crippen LogP) is 1.98. The minimum absolute atomic E-state index is 0.0302. The molecule has 0 unspecified atom stereocenters. The van der Waals surface area contributed by atoms with Crippen molar-refractivity contribution in [1.29, 1.82) is 0 Å². The van der Waals surface area contributed by atoms with Crippen LogP contribution in [0.1, 0.15) is 41.6 Å². The summed E-state index contributed by atoms with van der Waals surface area (Å²) in [5.74, 6) is 1.88. The molecule has 8 nitrogen and oxygen atoms in total. The number of amides is 1. The number of rotatable bonds is 3. The van der Waals surface area contributed by atoms with Crippen LogP contribution in [0.4, 0.5) is 11.6 Å². The fourth-order valence-corrected chi connectivity index (χ4v) is 4.41. The average Bonchev–Trinajstić information content (AvgIpc) is 3.14. The summed E-state index contributed by atoms with van der Waals surface area (Å²) in [6.07, 6.45) is 3.73. The van der Waals surface area contributed by atoms with E-state index in [4.69, 9.17) is 0 Å². The van der Waals surface area contributed by atoms with Crippen LogP contribution in [0.3, 0.4) is 0 Å². The Morgan fingerprint density at radius 2 is 1.78 bits per heavy atom. The molecule has 0 spiro atoms. The molecular weight excluding hydrogens is 362 g/mol. The third-order valence-corrected chi connectivity index (χ3v) is 6.29. The van der Waals surface area contributed by atoms with E-state index in [1.165, 1.54) is 30.8 Å². The van der Waals surface area contributed by atoms with E-state index in [0.717, 1.165) is 31.3 Å². The lowest BCUT2D eigenvalue weighted by atomic mass is 10.0. The van der Waals surface area contributed by atoms with Gasteiger partial charge in [0, 0.05) is 38.8 Å². The second-order valence-electron chi connectivity index (χ2n) is 7.25. The zero-order valence-electron chi connectivity index (χ0n) is 15.8. The Kier molecular flexibility index (Phi) is 5.20. The average molecular weight is 388 g/mol. The number of aryl methyl sites for hydroxylation is 1. The number of carbonyl (C=O) groups excluding carboxylic acids is 1. The van der Waals surface area contributed by atoms with Crippen LogP contribution in [-0.2, 0) is 0 Å². The van der Waals surface area contributed by atoms with Gasteiger partial charge in [-0.05, 0) is 56.8 Å². The molecule has 0 aromatic carbocycles. The molecular formula is C18H25N7OS. The molecule has 144 valence electrons. The molecule has 2 fully saturated rings. The Morgan fingerprint density at radius 1 is 1.04 bits per heavy atom. The molecule has 2 saturated heterocycles. The third kappa shape index (κ3) is 3.73. The number of aromatic nitrogens is 4. The standard InChI is InChI=1S/C18H25N7OS/c1-13-5-3-4-8-25(13)16-7-6-15(20-21-16)23-9-11-24(12-10-23)18(26)17-14(2)19-22-27-17/h6-7,13H,3-5,8-12H2,1-2H3/t13-/m0/s1. The molecule has 2 aromatic rings. The van der Waals surface area contributed by atoms with E-state index in [1.807, 2.05) is 11.8 Å². The summed E-state index contributed by atoms with van der Waals surface area (Å²) in [5.41, 5.74) is 0.709. The number of anilines is 2. The predicted molar refractivity (Wildman–Crippen MR) is 105 cm³/mol. The molecule has 4 heterocycles. The molecule has 27 heavy (non-hydrogen) atoms. The highest BCUT2D eigenvalue weighted by molar-refractivity contribution is 7.07. The molecule has 0 saturated carbocycles. The molecule has 9 heteroatoms. The molecule has 0 aliphatic carbocycles. The number of piperidine rings is 1. The molecule has 1 amide bonds. The van der Waals surface area contributed by atoms with Crippen molar-refractivity contribution in [2.24, 2.45) is 0 Å². The molecule has 0 radical (unpaired) electrons. The topological polar surface area (TPSA) is 78.4 Å².